The van der Waals surface area contributed by atoms with E-state index in [-0.39, 0.29) is 11.9 Å². The molecule has 0 saturated carbocycles. The van der Waals surface area contributed by atoms with Gasteiger partial charge in [-0.25, -0.2) is 4.39 Å². The van der Waals surface area contributed by atoms with E-state index in [1.165, 1.54) is 17.2 Å². The summed E-state index contributed by atoms with van der Waals surface area (Å²) < 4.78 is 13.7. The summed E-state index contributed by atoms with van der Waals surface area (Å²) in [4.78, 5) is 0. The lowest BCUT2D eigenvalue weighted by atomic mass is 9.97. The lowest BCUT2D eigenvalue weighted by Gasteiger charge is -2.17. The summed E-state index contributed by atoms with van der Waals surface area (Å²) in [6, 6.07) is 13.5. The molecule has 2 aromatic carbocycles. The molecule has 2 aromatic rings. The number of hydrogen-bond acceptors (Lipinski definition) is 2. The van der Waals surface area contributed by atoms with Crippen molar-refractivity contribution in [2.75, 3.05) is 0 Å². The number of rotatable bonds is 5. The highest BCUT2D eigenvalue weighted by Gasteiger charge is 2.11. The van der Waals surface area contributed by atoms with Crippen molar-refractivity contribution in [3.63, 3.8) is 0 Å². The normalized spacial score (nSPS) is 12.4. The smallest absolute Gasteiger partial charge is 0.137 e. The Morgan fingerprint density at radius 1 is 1.20 bits per heavy atom. The van der Waals surface area contributed by atoms with Crippen LogP contribution in [0.3, 0.4) is 0 Å². The van der Waals surface area contributed by atoms with Crippen LogP contribution in [0.1, 0.15) is 16.7 Å². The van der Waals surface area contributed by atoms with E-state index >= 15 is 0 Å². The minimum Gasteiger partial charge on any atom is -0.271 e. The summed E-state index contributed by atoms with van der Waals surface area (Å²) in [7, 11) is 0. The molecule has 0 saturated heterocycles. The average molecular weight is 337 g/mol. The van der Waals surface area contributed by atoms with Gasteiger partial charge in [-0.1, -0.05) is 30.3 Å². The van der Waals surface area contributed by atoms with Gasteiger partial charge in [0.15, 0.2) is 0 Å². The quantitative estimate of drug-likeness (QED) is 0.647. The SMILES string of the molecule is Cc1ccccc1CC(Cc1ccc(F)c(Br)c1)NN. The monoisotopic (exact) mass is 336 g/mol. The molecule has 0 spiro atoms. The Kier molecular flexibility index (Phi) is 5.29. The molecule has 1 unspecified atom stereocenters. The fourth-order valence-corrected chi connectivity index (χ4v) is 2.67. The van der Waals surface area contributed by atoms with E-state index < -0.39 is 0 Å². The lowest BCUT2D eigenvalue weighted by Crippen LogP contribution is -2.38. The molecule has 0 aliphatic rings. The lowest BCUT2D eigenvalue weighted by molar-refractivity contribution is 0.520. The minimum atomic E-state index is -0.245. The third-order valence-corrected chi connectivity index (χ3v) is 4.04. The zero-order valence-electron chi connectivity index (χ0n) is 11.4. The van der Waals surface area contributed by atoms with Crippen LogP contribution in [0.5, 0.6) is 0 Å². The summed E-state index contributed by atoms with van der Waals surface area (Å²) in [6.45, 7) is 2.09. The number of halogens is 2. The van der Waals surface area contributed by atoms with Crippen LogP contribution < -0.4 is 11.3 Å². The third kappa shape index (κ3) is 3.88. The summed E-state index contributed by atoms with van der Waals surface area (Å²) >= 11 is 3.21. The van der Waals surface area contributed by atoms with E-state index in [1.807, 2.05) is 12.1 Å². The highest BCUT2D eigenvalue weighted by Crippen LogP contribution is 2.19. The van der Waals surface area contributed by atoms with Gasteiger partial charge in [-0.05, 0) is 64.5 Å². The molecule has 0 aromatic heterocycles. The third-order valence-electron chi connectivity index (χ3n) is 3.43. The second kappa shape index (κ2) is 6.97. The van der Waals surface area contributed by atoms with Crippen molar-refractivity contribution in [2.24, 2.45) is 5.84 Å². The van der Waals surface area contributed by atoms with Gasteiger partial charge in [0.1, 0.15) is 5.82 Å². The number of benzene rings is 2. The number of hydrogen-bond donors (Lipinski definition) is 2. The molecule has 20 heavy (non-hydrogen) atoms. The van der Waals surface area contributed by atoms with E-state index in [4.69, 9.17) is 5.84 Å². The molecule has 0 aliphatic carbocycles. The van der Waals surface area contributed by atoms with Crippen LogP contribution >= 0.6 is 15.9 Å². The first-order valence-electron chi connectivity index (χ1n) is 6.54. The first-order valence-corrected chi connectivity index (χ1v) is 7.34. The molecule has 106 valence electrons. The Hall–Kier alpha value is -1.23. The van der Waals surface area contributed by atoms with E-state index in [1.54, 1.807) is 12.1 Å². The van der Waals surface area contributed by atoms with Crippen LogP contribution in [0.15, 0.2) is 46.9 Å². The van der Waals surface area contributed by atoms with Gasteiger partial charge in [-0.2, -0.15) is 0 Å². The summed E-state index contributed by atoms with van der Waals surface area (Å²) in [5.41, 5.74) is 6.43. The van der Waals surface area contributed by atoms with Gasteiger partial charge in [-0.15, -0.1) is 0 Å². The highest BCUT2D eigenvalue weighted by atomic mass is 79.9. The van der Waals surface area contributed by atoms with Crippen LogP contribution in [0.25, 0.3) is 0 Å². The Morgan fingerprint density at radius 3 is 2.60 bits per heavy atom. The van der Waals surface area contributed by atoms with Crippen molar-refractivity contribution in [2.45, 2.75) is 25.8 Å². The van der Waals surface area contributed by atoms with Gasteiger partial charge in [0.2, 0.25) is 0 Å². The van der Waals surface area contributed by atoms with Crippen LogP contribution in [-0.2, 0) is 12.8 Å². The largest absolute Gasteiger partial charge is 0.271 e. The number of aryl methyl sites for hydroxylation is 1. The molecular formula is C16H18BrFN2. The van der Waals surface area contributed by atoms with Crippen LogP contribution in [0, 0.1) is 12.7 Å². The van der Waals surface area contributed by atoms with E-state index in [9.17, 15) is 4.39 Å². The minimum absolute atomic E-state index is 0.119. The predicted octanol–water partition coefficient (Wildman–Crippen LogP) is 3.51. The average Bonchev–Trinajstić information content (AvgIpc) is 2.44. The molecular weight excluding hydrogens is 319 g/mol. The highest BCUT2D eigenvalue weighted by molar-refractivity contribution is 9.10. The molecule has 0 fully saturated rings. The molecule has 4 heteroatoms. The Balaban J connectivity index is 2.09. The molecule has 2 nitrogen and oxygen atoms in total. The zero-order valence-corrected chi connectivity index (χ0v) is 13.0. The number of nitrogens with one attached hydrogen (secondary N) is 1. The maximum absolute atomic E-state index is 13.2. The van der Waals surface area contributed by atoms with Crippen molar-refractivity contribution < 1.29 is 4.39 Å². The molecule has 0 bridgehead atoms. The second-order valence-electron chi connectivity index (χ2n) is 4.95. The van der Waals surface area contributed by atoms with Crippen LogP contribution in [0.4, 0.5) is 4.39 Å². The van der Waals surface area contributed by atoms with Crippen molar-refractivity contribution in [3.05, 3.63) is 69.4 Å². The molecule has 0 aliphatic heterocycles. The molecule has 3 N–H and O–H groups in total. The maximum atomic E-state index is 13.2. The molecule has 0 amide bonds. The maximum Gasteiger partial charge on any atom is 0.137 e. The Labute approximate surface area is 127 Å². The fourth-order valence-electron chi connectivity index (χ4n) is 2.25. The Bertz CT molecular complexity index is 586. The first-order chi connectivity index (χ1) is 9.60. The predicted molar refractivity (Wildman–Crippen MR) is 83.8 cm³/mol. The summed E-state index contributed by atoms with van der Waals surface area (Å²) in [6.07, 6.45) is 1.60. The zero-order chi connectivity index (χ0) is 14.5. The van der Waals surface area contributed by atoms with Gasteiger partial charge in [0.25, 0.3) is 0 Å². The topological polar surface area (TPSA) is 38.0 Å². The molecule has 0 heterocycles. The van der Waals surface area contributed by atoms with E-state index in [2.05, 4.69) is 40.4 Å². The van der Waals surface area contributed by atoms with Gasteiger partial charge in [0, 0.05) is 6.04 Å². The van der Waals surface area contributed by atoms with Gasteiger partial charge in [-0.3, -0.25) is 11.3 Å². The standard InChI is InChI=1S/C16H18BrFN2/c1-11-4-2-3-5-13(11)10-14(20-19)8-12-6-7-16(18)15(17)9-12/h2-7,9,14,20H,8,10,19H2,1H3. The van der Waals surface area contributed by atoms with Crippen LogP contribution in [-0.4, -0.2) is 6.04 Å². The molecule has 2 rings (SSSR count). The first kappa shape index (κ1) is 15.2. The summed E-state index contributed by atoms with van der Waals surface area (Å²) in [5.74, 6) is 5.41. The number of hydrazine groups is 1. The van der Waals surface area contributed by atoms with Gasteiger partial charge >= 0.3 is 0 Å². The van der Waals surface area contributed by atoms with E-state index in [0.717, 1.165) is 18.4 Å². The van der Waals surface area contributed by atoms with E-state index in [0.29, 0.717) is 4.47 Å². The Morgan fingerprint density at radius 2 is 1.95 bits per heavy atom. The van der Waals surface area contributed by atoms with Crippen molar-refractivity contribution in [3.8, 4) is 0 Å². The van der Waals surface area contributed by atoms with Crippen molar-refractivity contribution in [1.82, 2.24) is 5.43 Å². The van der Waals surface area contributed by atoms with Crippen molar-refractivity contribution >= 4 is 15.9 Å². The number of nitrogens with two attached hydrogens (primary N) is 1. The van der Waals surface area contributed by atoms with Gasteiger partial charge in [0.05, 0.1) is 4.47 Å². The van der Waals surface area contributed by atoms with Crippen molar-refractivity contribution in [1.29, 1.82) is 0 Å². The van der Waals surface area contributed by atoms with Crippen LogP contribution in [0.2, 0.25) is 0 Å². The second-order valence-corrected chi connectivity index (χ2v) is 5.80. The molecule has 0 radical (unpaired) electrons. The fraction of sp³-hybridized carbons (Fsp3) is 0.250. The summed E-state index contributed by atoms with van der Waals surface area (Å²) in [5, 5.41) is 0. The van der Waals surface area contributed by atoms with Gasteiger partial charge < -0.3 is 0 Å². The molecule has 1 atom stereocenters.